The van der Waals surface area contributed by atoms with E-state index in [0.717, 1.165) is 0 Å². The van der Waals surface area contributed by atoms with Crippen molar-refractivity contribution in [2.75, 3.05) is 11.4 Å². The lowest BCUT2D eigenvalue weighted by molar-refractivity contribution is 0.0380. The number of amides is 1. The van der Waals surface area contributed by atoms with E-state index in [1.807, 2.05) is 41.5 Å². The first-order valence-electron chi connectivity index (χ1n) is 8.85. The van der Waals surface area contributed by atoms with Crippen molar-refractivity contribution < 1.29 is 19.0 Å². The normalized spacial score (nSPS) is 20.8. The van der Waals surface area contributed by atoms with E-state index in [1.54, 1.807) is 17.0 Å². The van der Waals surface area contributed by atoms with E-state index in [1.165, 1.54) is 6.07 Å². The standard InChI is InChI=1S/C20H30FNO3/c1-19(2,3)16-11-14(7-8-17(16)21)22(12-13-9-15(23)10-13)18(24)25-20(4,5)6/h7-8,11,13,15,23H,9-10,12H2,1-6H3. The summed E-state index contributed by atoms with van der Waals surface area (Å²) in [5.74, 6) is -0.0508. The summed E-state index contributed by atoms with van der Waals surface area (Å²) in [6.07, 6.45) is 0.614. The zero-order valence-corrected chi connectivity index (χ0v) is 16.1. The second kappa shape index (κ2) is 6.94. The summed E-state index contributed by atoms with van der Waals surface area (Å²) >= 11 is 0. The summed E-state index contributed by atoms with van der Waals surface area (Å²) in [7, 11) is 0. The Balaban J connectivity index is 2.32. The number of halogens is 1. The van der Waals surface area contributed by atoms with Crippen molar-refractivity contribution in [3.05, 3.63) is 29.6 Å². The molecule has 0 heterocycles. The van der Waals surface area contributed by atoms with Gasteiger partial charge in [-0.2, -0.15) is 0 Å². The second-order valence-electron chi connectivity index (χ2n) is 9.00. The molecule has 1 aliphatic carbocycles. The molecular formula is C20H30FNO3. The van der Waals surface area contributed by atoms with Crippen LogP contribution in [0.25, 0.3) is 0 Å². The quantitative estimate of drug-likeness (QED) is 0.863. The highest BCUT2D eigenvalue weighted by Gasteiger charge is 2.33. The van der Waals surface area contributed by atoms with Gasteiger partial charge in [-0.25, -0.2) is 9.18 Å². The Kier molecular flexibility index (Phi) is 5.47. The molecule has 1 aliphatic rings. The first kappa shape index (κ1) is 19.7. The Bertz CT molecular complexity index is 625. The molecule has 1 aromatic rings. The SMILES string of the molecule is CC(C)(C)OC(=O)N(CC1CC(O)C1)c1ccc(F)c(C(C)(C)C)c1. The molecule has 140 valence electrons. The number of rotatable bonds is 3. The van der Waals surface area contributed by atoms with Crippen molar-refractivity contribution in [2.45, 2.75) is 71.5 Å². The van der Waals surface area contributed by atoms with Crippen molar-refractivity contribution in [1.82, 2.24) is 0 Å². The van der Waals surface area contributed by atoms with E-state index in [2.05, 4.69) is 0 Å². The van der Waals surface area contributed by atoms with E-state index in [4.69, 9.17) is 4.74 Å². The van der Waals surface area contributed by atoms with Crippen LogP contribution in [0.2, 0.25) is 0 Å². The molecule has 4 nitrogen and oxygen atoms in total. The predicted octanol–water partition coefficient (Wildman–Crippen LogP) is 4.64. The molecule has 0 saturated heterocycles. The summed E-state index contributed by atoms with van der Waals surface area (Å²) in [6.45, 7) is 11.7. The molecule has 0 unspecified atom stereocenters. The Morgan fingerprint density at radius 1 is 1.24 bits per heavy atom. The Labute approximate surface area is 150 Å². The summed E-state index contributed by atoms with van der Waals surface area (Å²) in [5, 5.41) is 9.53. The molecule has 0 aromatic heterocycles. The number of anilines is 1. The van der Waals surface area contributed by atoms with E-state index in [0.29, 0.717) is 30.6 Å². The lowest BCUT2D eigenvalue weighted by Crippen LogP contribution is -2.44. The zero-order chi connectivity index (χ0) is 19.0. The number of aliphatic hydroxyl groups excluding tert-OH is 1. The molecule has 1 saturated carbocycles. The molecule has 1 fully saturated rings. The van der Waals surface area contributed by atoms with Crippen LogP contribution in [0.4, 0.5) is 14.9 Å². The van der Waals surface area contributed by atoms with Gasteiger partial charge in [0.1, 0.15) is 11.4 Å². The Hall–Kier alpha value is -1.62. The van der Waals surface area contributed by atoms with Crippen molar-refractivity contribution in [3.63, 3.8) is 0 Å². The van der Waals surface area contributed by atoms with E-state index in [9.17, 15) is 14.3 Å². The van der Waals surface area contributed by atoms with Gasteiger partial charge in [-0.15, -0.1) is 0 Å². The molecule has 0 aliphatic heterocycles. The van der Waals surface area contributed by atoms with Crippen molar-refractivity contribution >= 4 is 11.8 Å². The van der Waals surface area contributed by atoms with Gasteiger partial charge in [-0.05, 0) is 68.7 Å². The smallest absolute Gasteiger partial charge is 0.414 e. The number of ether oxygens (including phenoxy) is 1. The summed E-state index contributed by atoms with van der Waals surface area (Å²) in [6, 6.07) is 4.75. The number of benzene rings is 1. The van der Waals surface area contributed by atoms with Gasteiger partial charge in [0.15, 0.2) is 0 Å². The van der Waals surface area contributed by atoms with Gasteiger partial charge in [0.2, 0.25) is 0 Å². The zero-order valence-electron chi connectivity index (χ0n) is 16.1. The first-order chi connectivity index (χ1) is 11.4. The van der Waals surface area contributed by atoms with Crippen LogP contribution in [0.15, 0.2) is 18.2 Å². The number of hydrogen-bond donors (Lipinski definition) is 1. The molecule has 0 bridgehead atoms. The lowest BCUT2D eigenvalue weighted by Gasteiger charge is -2.36. The third-order valence-corrected chi connectivity index (χ3v) is 4.34. The third kappa shape index (κ3) is 5.18. The Morgan fingerprint density at radius 2 is 1.84 bits per heavy atom. The fourth-order valence-corrected chi connectivity index (χ4v) is 2.97. The molecule has 1 N–H and O–H groups in total. The highest BCUT2D eigenvalue weighted by Crippen LogP contribution is 2.33. The fraction of sp³-hybridized carbons (Fsp3) is 0.650. The summed E-state index contributed by atoms with van der Waals surface area (Å²) < 4.78 is 19.8. The lowest BCUT2D eigenvalue weighted by atomic mass is 9.82. The van der Waals surface area contributed by atoms with Gasteiger partial charge in [0, 0.05) is 12.2 Å². The van der Waals surface area contributed by atoms with Gasteiger partial charge in [0.05, 0.1) is 6.10 Å². The monoisotopic (exact) mass is 351 g/mol. The van der Waals surface area contributed by atoms with Gasteiger partial charge in [0.25, 0.3) is 0 Å². The van der Waals surface area contributed by atoms with Crippen LogP contribution in [0.3, 0.4) is 0 Å². The van der Waals surface area contributed by atoms with E-state index >= 15 is 0 Å². The molecule has 0 atom stereocenters. The van der Waals surface area contributed by atoms with Gasteiger partial charge >= 0.3 is 6.09 Å². The van der Waals surface area contributed by atoms with Gasteiger partial charge in [-0.3, -0.25) is 4.90 Å². The topological polar surface area (TPSA) is 49.8 Å². The molecule has 0 radical (unpaired) electrons. The minimum Gasteiger partial charge on any atom is -0.443 e. The fourth-order valence-electron chi connectivity index (χ4n) is 2.97. The van der Waals surface area contributed by atoms with Crippen molar-refractivity contribution in [1.29, 1.82) is 0 Å². The van der Waals surface area contributed by atoms with Crippen LogP contribution >= 0.6 is 0 Å². The van der Waals surface area contributed by atoms with Crippen molar-refractivity contribution in [3.8, 4) is 0 Å². The van der Waals surface area contributed by atoms with Crippen molar-refractivity contribution in [2.24, 2.45) is 5.92 Å². The molecular weight excluding hydrogens is 321 g/mol. The number of hydrogen-bond acceptors (Lipinski definition) is 3. The van der Waals surface area contributed by atoms with Crippen LogP contribution in [-0.4, -0.2) is 29.4 Å². The molecule has 1 aromatic carbocycles. The number of carbonyl (C=O) groups excluding carboxylic acids is 1. The summed E-state index contributed by atoms with van der Waals surface area (Å²) in [5.41, 5.74) is 0.211. The maximum absolute atomic E-state index is 14.2. The Morgan fingerprint density at radius 3 is 2.32 bits per heavy atom. The molecule has 1 amide bonds. The maximum atomic E-state index is 14.2. The first-order valence-corrected chi connectivity index (χ1v) is 8.85. The molecule has 2 rings (SSSR count). The maximum Gasteiger partial charge on any atom is 0.414 e. The van der Waals surface area contributed by atoms with Gasteiger partial charge in [-0.1, -0.05) is 20.8 Å². The van der Waals surface area contributed by atoms with E-state index < -0.39 is 11.7 Å². The summed E-state index contributed by atoms with van der Waals surface area (Å²) in [4.78, 5) is 14.3. The minimum absolute atomic E-state index is 0.227. The molecule has 0 spiro atoms. The van der Waals surface area contributed by atoms with Crippen LogP contribution < -0.4 is 4.90 Å². The van der Waals surface area contributed by atoms with Crippen LogP contribution in [0.1, 0.15) is 59.9 Å². The van der Waals surface area contributed by atoms with Crippen LogP contribution in [0, 0.1) is 11.7 Å². The third-order valence-electron chi connectivity index (χ3n) is 4.34. The minimum atomic E-state index is -0.610. The average molecular weight is 351 g/mol. The van der Waals surface area contributed by atoms with E-state index in [-0.39, 0.29) is 23.3 Å². The number of carbonyl (C=O) groups is 1. The highest BCUT2D eigenvalue weighted by atomic mass is 19.1. The number of aliphatic hydroxyl groups is 1. The molecule has 5 heteroatoms. The van der Waals surface area contributed by atoms with Crippen LogP contribution in [0.5, 0.6) is 0 Å². The molecule has 25 heavy (non-hydrogen) atoms. The largest absolute Gasteiger partial charge is 0.443 e. The predicted molar refractivity (Wildman–Crippen MR) is 97.4 cm³/mol. The average Bonchev–Trinajstić information content (AvgIpc) is 2.40. The van der Waals surface area contributed by atoms with Crippen LogP contribution in [-0.2, 0) is 10.2 Å². The second-order valence-corrected chi connectivity index (χ2v) is 9.00. The van der Waals surface area contributed by atoms with Gasteiger partial charge < -0.3 is 9.84 Å². The highest BCUT2D eigenvalue weighted by molar-refractivity contribution is 5.88. The number of nitrogens with zero attached hydrogens (tertiary/aromatic N) is 1.